The van der Waals surface area contributed by atoms with Crippen LogP contribution in [-0.4, -0.2) is 36.3 Å². The van der Waals surface area contributed by atoms with Gasteiger partial charge in [0.15, 0.2) is 11.5 Å². The van der Waals surface area contributed by atoms with Crippen LogP contribution in [0.2, 0.25) is 0 Å². The molecule has 30 heavy (non-hydrogen) atoms. The molecule has 0 aliphatic carbocycles. The number of carbonyl (C=O) groups excluding carboxylic acids is 3. The molecule has 1 amide bonds. The molecule has 0 fully saturated rings. The van der Waals surface area contributed by atoms with E-state index in [0.717, 1.165) is 5.56 Å². The van der Waals surface area contributed by atoms with E-state index < -0.39 is 11.9 Å². The summed E-state index contributed by atoms with van der Waals surface area (Å²) in [6.45, 7) is 7.34. The highest BCUT2D eigenvalue weighted by atomic mass is 16.6. The van der Waals surface area contributed by atoms with Gasteiger partial charge >= 0.3 is 11.9 Å². The number of nitrogens with one attached hydrogen (secondary N) is 1. The summed E-state index contributed by atoms with van der Waals surface area (Å²) < 4.78 is 10.8. The average Bonchev–Trinajstić information content (AvgIpc) is 2.69. The molecule has 7 heteroatoms. The van der Waals surface area contributed by atoms with Crippen LogP contribution >= 0.6 is 0 Å². The maximum absolute atomic E-state index is 12.3. The van der Waals surface area contributed by atoms with Gasteiger partial charge in [0.25, 0.3) is 0 Å². The van der Waals surface area contributed by atoms with Gasteiger partial charge in [-0.05, 0) is 36.7 Å². The lowest BCUT2D eigenvalue weighted by molar-refractivity contribution is -0.140. The highest BCUT2D eigenvalue weighted by Crippen LogP contribution is 2.30. The number of carbonyl (C=O) groups is 3. The fourth-order valence-corrected chi connectivity index (χ4v) is 2.60. The molecular weight excluding hydrogens is 384 g/mol. The van der Waals surface area contributed by atoms with Gasteiger partial charge in [-0.1, -0.05) is 39.8 Å². The van der Waals surface area contributed by atoms with Crippen LogP contribution in [0.5, 0.6) is 11.5 Å². The molecular formula is C23H30N2O5. The van der Waals surface area contributed by atoms with E-state index >= 15 is 0 Å². The lowest BCUT2D eigenvalue weighted by atomic mass is 10.1. The lowest BCUT2D eigenvalue weighted by Crippen LogP contribution is -2.28. The second-order valence-corrected chi connectivity index (χ2v) is 7.85. The number of ether oxygens (including phenoxy) is 2. The first-order valence-corrected chi connectivity index (χ1v) is 10.1. The Morgan fingerprint density at radius 3 is 2.27 bits per heavy atom. The highest BCUT2D eigenvalue weighted by molar-refractivity contribution is 5.93. The molecule has 1 N–H and O–H groups in total. The average molecular weight is 415 g/mol. The number of allylic oxidation sites excluding steroid dienone is 1. The summed E-state index contributed by atoms with van der Waals surface area (Å²) in [6.07, 6.45) is 6.78. The van der Waals surface area contributed by atoms with Crippen molar-refractivity contribution < 1.29 is 23.9 Å². The smallest absolute Gasteiger partial charge is 0.313 e. The third-order valence-electron chi connectivity index (χ3n) is 4.40. The van der Waals surface area contributed by atoms with Crippen LogP contribution in [0, 0.1) is 11.8 Å². The standard InChI is InChI=1S/C23H30N2O5/c1-15(2)22(27)29-19-9-8-17(13-20(19)30-23(28)16(3)4)10-11-24-21(26)18-7-6-12-25(5)14-18/h6,8-9,12-16H,7,10-11H2,1-5H3,(H,24,26). The Bertz CT molecular complexity index is 855. The summed E-state index contributed by atoms with van der Waals surface area (Å²) in [5, 5.41) is 2.90. The van der Waals surface area contributed by atoms with Gasteiger partial charge in [-0.3, -0.25) is 14.4 Å². The second kappa shape index (κ2) is 10.6. The van der Waals surface area contributed by atoms with Crippen LogP contribution < -0.4 is 14.8 Å². The third-order valence-corrected chi connectivity index (χ3v) is 4.40. The SMILES string of the molecule is CC(C)C(=O)Oc1ccc(CCNC(=O)C2=CN(C)C=CC2)cc1OC(=O)C(C)C. The first-order valence-electron chi connectivity index (χ1n) is 10.1. The van der Waals surface area contributed by atoms with Gasteiger partial charge in [-0.25, -0.2) is 0 Å². The number of nitrogens with zero attached hydrogens (tertiary/aromatic N) is 1. The Labute approximate surface area is 177 Å². The number of hydrogen-bond donors (Lipinski definition) is 1. The monoisotopic (exact) mass is 414 g/mol. The summed E-state index contributed by atoms with van der Waals surface area (Å²) in [6, 6.07) is 5.08. The van der Waals surface area contributed by atoms with Crippen molar-refractivity contribution in [1.29, 1.82) is 0 Å². The van der Waals surface area contributed by atoms with Gasteiger partial charge in [0.2, 0.25) is 5.91 Å². The van der Waals surface area contributed by atoms with Crippen molar-refractivity contribution in [2.24, 2.45) is 11.8 Å². The molecule has 0 radical (unpaired) electrons. The van der Waals surface area contributed by atoms with E-state index in [9.17, 15) is 14.4 Å². The van der Waals surface area contributed by atoms with E-state index in [2.05, 4.69) is 5.32 Å². The van der Waals surface area contributed by atoms with Crippen molar-refractivity contribution in [2.45, 2.75) is 40.5 Å². The van der Waals surface area contributed by atoms with E-state index in [1.807, 2.05) is 24.2 Å². The van der Waals surface area contributed by atoms with Gasteiger partial charge in [0, 0.05) is 25.4 Å². The van der Waals surface area contributed by atoms with Crippen molar-refractivity contribution in [3.05, 3.63) is 47.8 Å². The summed E-state index contributed by atoms with van der Waals surface area (Å²) in [4.78, 5) is 38.2. The first-order chi connectivity index (χ1) is 14.2. The summed E-state index contributed by atoms with van der Waals surface area (Å²) >= 11 is 0. The topological polar surface area (TPSA) is 84.9 Å². The van der Waals surface area contributed by atoms with E-state index in [1.54, 1.807) is 52.1 Å². The van der Waals surface area contributed by atoms with Crippen LogP contribution in [0.1, 0.15) is 39.7 Å². The Morgan fingerprint density at radius 1 is 1.03 bits per heavy atom. The Kier molecular flexibility index (Phi) is 8.21. The van der Waals surface area contributed by atoms with Crippen molar-refractivity contribution in [3.63, 3.8) is 0 Å². The molecule has 0 bridgehead atoms. The molecule has 1 aromatic rings. The van der Waals surface area contributed by atoms with Crippen LogP contribution in [-0.2, 0) is 20.8 Å². The van der Waals surface area contributed by atoms with E-state index in [-0.39, 0.29) is 29.2 Å². The van der Waals surface area contributed by atoms with Crippen molar-refractivity contribution >= 4 is 17.8 Å². The number of esters is 2. The molecule has 162 valence electrons. The number of amides is 1. The molecule has 2 rings (SSSR count). The fraction of sp³-hybridized carbons (Fsp3) is 0.435. The zero-order chi connectivity index (χ0) is 22.3. The number of rotatable bonds is 8. The van der Waals surface area contributed by atoms with Gasteiger partial charge in [-0.15, -0.1) is 0 Å². The third kappa shape index (κ3) is 6.76. The maximum atomic E-state index is 12.3. The van der Waals surface area contributed by atoms with Crippen molar-refractivity contribution in [3.8, 4) is 11.5 Å². The molecule has 1 aromatic carbocycles. The predicted molar refractivity (Wildman–Crippen MR) is 114 cm³/mol. The zero-order valence-electron chi connectivity index (χ0n) is 18.2. The minimum absolute atomic E-state index is 0.111. The van der Waals surface area contributed by atoms with Crippen LogP contribution in [0.15, 0.2) is 42.2 Å². The molecule has 0 atom stereocenters. The van der Waals surface area contributed by atoms with Crippen LogP contribution in [0.3, 0.4) is 0 Å². The second-order valence-electron chi connectivity index (χ2n) is 7.85. The molecule has 1 aliphatic heterocycles. The Morgan fingerprint density at radius 2 is 1.67 bits per heavy atom. The molecule has 7 nitrogen and oxygen atoms in total. The molecule has 0 unspecified atom stereocenters. The van der Waals surface area contributed by atoms with Gasteiger partial charge in [0.1, 0.15) is 0 Å². The predicted octanol–water partition coefficient (Wildman–Crippen LogP) is 3.20. The van der Waals surface area contributed by atoms with Crippen LogP contribution in [0.25, 0.3) is 0 Å². The van der Waals surface area contributed by atoms with Gasteiger partial charge in [0.05, 0.1) is 11.8 Å². The zero-order valence-corrected chi connectivity index (χ0v) is 18.2. The van der Waals surface area contributed by atoms with E-state index in [0.29, 0.717) is 25.0 Å². The van der Waals surface area contributed by atoms with Crippen LogP contribution in [0.4, 0.5) is 0 Å². The first kappa shape index (κ1) is 23.2. The molecule has 0 saturated heterocycles. The molecule has 0 spiro atoms. The van der Waals surface area contributed by atoms with Gasteiger partial charge < -0.3 is 19.7 Å². The van der Waals surface area contributed by atoms with E-state index in [4.69, 9.17) is 9.47 Å². The Hall–Kier alpha value is -3.09. The number of hydrogen-bond acceptors (Lipinski definition) is 6. The molecule has 0 saturated carbocycles. The molecule has 0 aromatic heterocycles. The van der Waals surface area contributed by atoms with Crippen molar-refractivity contribution in [1.82, 2.24) is 10.2 Å². The molecule has 1 heterocycles. The lowest BCUT2D eigenvalue weighted by Gasteiger charge is -2.16. The maximum Gasteiger partial charge on any atom is 0.313 e. The molecule has 1 aliphatic rings. The fourth-order valence-electron chi connectivity index (χ4n) is 2.60. The Balaban J connectivity index is 2.05. The quantitative estimate of drug-likeness (QED) is 0.519. The van der Waals surface area contributed by atoms with Gasteiger partial charge in [-0.2, -0.15) is 0 Å². The minimum Gasteiger partial charge on any atom is -0.422 e. The number of benzene rings is 1. The van der Waals surface area contributed by atoms with Crippen molar-refractivity contribution in [2.75, 3.05) is 13.6 Å². The largest absolute Gasteiger partial charge is 0.422 e. The normalized spacial score (nSPS) is 13.3. The summed E-state index contributed by atoms with van der Waals surface area (Å²) in [5.41, 5.74) is 1.54. The minimum atomic E-state index is -0.413. The highest BCUT2D eigenvalue weighted by Gasteiger charge is 2.18. The summed E-state index contributed by atoms with van der Waals surface area (Å²) in [5.74, 6) is -1.15. The summed E-state index contributed by atoms with van der Waals surface area (Å²) in [7, 11) is 1.87. The van der Waals surface area contributed by atoms with E-state index in [1.165, 1.54) is 0 Å².